The van der Waals surface area contributed by atoms with E-state index in [1.165, 1.54) is 11.8 Å². The number of aliphatic imine (C=N–C) groups is 1. The Kier molecular flexibility index (Phi) is 8.77. The van der Waals surface area contributed by atoms with Gasteiger partial charge in [0.15, 0.2) is 12.8 Å². The minimum Gasteiger partial charge on any atom is -0.467 e. The van der Waals surface area contributed by atoms with Crippen molar-refractivity contribution < 1.29 is 13.9 Å². The van der Waals surface area contributed by atoms with Crippen LogP contribution in [0.3, 0.4) is 0 Å². The van der Waals surface area contributed by atoms with Crippen molar-refractivity contribution in [3.8, 4) is 5.75 Å². The third kappa shape index (κ3) is 6.00. The summed E-state index contributed by atoms with van der Waals surface area (Å²) in [5, 5.41) is 3.40. The van der Waals surface area contributed by atoms with Crippen LogP contribution in [0.15, 0.2) is 47.5 Å². The van der Waals surface area contributed by atoms with Crippen molar-refractivity contribution in [1.29, 1.82) is 0 Å². The number of rotatable bonds is 5. The molecule has 0 spiro atoms. The number of para-hydroxylation sites is 1. The Labute approximate surface area is 200 Å². The van der Waals surface area contributed by atoms with Crippen LogP contribution in [0.25, 0.3) is 0 Å². The lowest BCUT2D eigenvalue weighted by atomic mass is 10.1. The van der Waals surface area contributed by atoms with E-state index < -0.39 is 0 Å². The highest BCUT2D eigenvalue weighted by Crippen LogP contribution is 2.29. The molecule has 2 aromatic rings. The molecule has 1 saturated heterocycles. The van der Waals surface area contributed by atoms with Gasteiger partial charge in [-0.3, -0.25) is 4.99 Å². The second-order valence-corrected chi connectivity index (χ2v) is 7.46. The van der Waals surface area contributed by atoms with Crippen molar-refractivity contribution in [3.63, 3.8) is 0 Å². The van der Waals surface area contributed by atoms with Crippen LogP contribution in [0, 0.1) is 5.82 Å². The molecule has 2 heterocycles. The number of benzene rings is 2. The number of anilines is 1. The zero-order chi connectivity index (χ0) is 20.8. The highest BCUT2D eigenvalue weighted by molar-refractivity contribution is 14.0. The molecule has 168 valence electrons. The van der Waals surface area contributed by atoms with E-state index in [1.54, 1.807) is 6.07 Å². The lowest BCUT2D eigenvalue weighted by Gasteiger charge is -2.37. The second kappa shape index (κ2) is 11.5. The van der Waals surface area contributed by atoms with Crippen LogP contribution >= 0.6 is 24.0 Å². The van der Waals surface area contributed by atoms with Gasteiger partial charge < -0.3 is 24.6 Å². The van der Waals surface area contributed by atoms with Crippen molar-refractivity contribution in [1.82, 2.24) is 10.2 Å². The van der Waals surface area contributed by atoms with Gasteiger partial charge in [-0.1, -0.05) is 18.2 Å². The molecule has 0 bridgehead atoms. The summed E-state index contributed by atoms with van der Waals surface area (Å²) >= 11 is 0. The highest BCUT2D eigenvalue weighted by Gasteiger charge is 2.20. The monoisotopic (exact) mass is 540 g/mol. The number of hydrogen-bond donors (Lipinski definition) is 1. The van der Waals surface area contributed by atoms with E-state index in [9.17, 15) is 4.39 Å². The molecule has 0 atom stereocenters. The van der Waals surface area contributed by atoms with Gasteiger partial charge in [0.2, 0.25) is 0 Å². The maximum absolute atomic E-state index is 14.0. The largest absolute Gasteiger partial charge is 0.467 e. The molecule has 4 rings (SSSR count). The van der Waals surface area contributed by atoms with Crippen molar-refractivity contribution >= 4 is 35.6 Å². The molecule has 1 fully saturated rings. The minimum absolute atomic E-state index is 0. The van der Waals surface area contributed by atoms with Gasteiger partial charge in [0.25, 0.3) is 0 Å². The average Bonchev–Trinajstić information content (AvgIpc) is 2.79. The van der Waals surface area contributed by atoms with Gasteiger partial charge in [-0.25, -0.2) is 4.39 Å². The topological polar surface area (TPSA) is 49.3 Å². The molecule has 0 amide bonds. The van der Waals surface area contributed by atoms with Crippen molar-refractivity contribution in [3.05, 3.63) is 59.4 Å². The van der Waals surface area contributed by atoms with Gasteiger partial charge in [0.05, 0.1) is 6.61 Å². The Hall–Kier alpha value is -2.07. The predicted octanol–water partition coefficient (Wildman–Crippen LogP) is 3.64. The summed E-state index contributed by atoms with van der Waals surface area (Å²) in [6, 6.07) is 13.5. The first-order valence-corrected chi connectivity index (χ1v) is 10.6. The number of ether oxygens (including phenoxy) is 2. The summed E-state index contributed by atoms with van der Waals surface area (Å²) in [5.41, 5.74) is 2.88. The lowest BCUT2D eigenvalue weighted by Crippen LogP contribution is -2.52. The number of halogens is 2. The van der Waals surface area contributed by atoms with Crippen LogP contribution < -0.4 is 15.0 Å². The summed E-state index contributed by atoms with van der Waals surface area (Å²) < 4.78 is 24.8. The molecule has 2 aromatic carbocycles. The summed E-state index contributed by atoms with van der Waals surface area (Å²) in [6.45, 7) is 7.80. The molecule has 2 aliphatic rings. The van der Waals surface area contributed by atoms with Crippen LogP contribution in [0.2, 0.25) is 0 Å². The van der Waals surface area contributed by atoms with E-state index >= 15 is 0 Å². The summed E-state index contributed by atoms with van der Waals surface area (Å²) in [4.78, 5) is 9.51. The molecule has 8 heteroatoms. The molecular weight excluding hydrogens is 510 g/mol. The van der Waals surface area contributed by atoms with E-state index in [-0.39, 0.29) is 36.6 Å². The zero-order valence-electron chi connectivity index (χ0n) is 17.8. The molecule has 0 aliphatic carbocycles. The number of fused-ring (bicyclic) bond motifs is 1. The summed E-state index contributed by atoms with van der Waals surface area (Å²) in [7, 11) is 0. The summed E-state index contributed by atoms with van der Waals surface area (Å²) in [6.07, 6.45) is 0.624. The van der Waals surface area contributed by atoms with Gasteiger partial charge in [-0.05, 0) is 43.2 Å². The Morgan fingerprint density at radius 2 is 1.90 bits per heavy atom. The Morgan fingerprint density at radius 1 is 1.13 bits per heavy atom. The standard InChI is InChI=1S/C23H29FN4O2.HI/c1-2-25-23(28-12-10-27(11-13-28)21-6-4-3-5-7-21)26-9-8-18-14-20(24)15-19-16-29-17-30-22(18)19;/h3-7,14-15H,2,8-13,16-17H2,1H3,(H,25,26);1H. The van der Waals surface area contributed by atoms with Crippen LogP contribution in [-0.4, -0.2) is 56.9 Å². The third-order valence-electron chi connectivity index (χ3n) is 5.43. The van der Waals surface area contributed by atoms with Crippen molar-refractivity contribution in [2.75, 3.05) is 51.0 Å². The van der Waals surface area contributed by atoms with Gasteiger partial charge in [0.1, 0.15) is 11.6 Å². The van der Waals surface area contributed by atoms with Crippen molar-refractivity contribution in [2.45, 2.75) is 20.0 Å². The smallest absolute Gasteiger partial charge is 0.194 e. The SMILES string of the molecule is CCNC(=NCCc1cc(F)cc2c1OCOC2)N1CCN(c2ccccc2)CC1.I. The van der Waals surface area contributed by atoms with Crippen LogP contribution in [0.1, 0.15) is 18.1 Å². The first-order chi connectivity index (χ1) is 14.7. The quantitative estimate of drug-likeness (QED) is 0.357. The van der Waals surface area contributed by atoms with Crippen LogP contribution in [0.4, 0.5) is 10.1 Å². The van der Waals surface area contributed by atoms with E-state index in [0.29, 0.717) is 19.6 Å². The Bertz CT molecular complexity index is 873. The van der Waals surface area contributed by atoms with E-state index in [0.717, 1.165) is 55.6 Å². The fourth-order valence-electron chi connectivity index (χ4n) is 3.97. The molecule has 0 radical (unpaired) electrons. The molecule has 0 aromatic heterocycles. The Balaban J connectivity index is 0.00000272. The molecule has 31 heavy (non-hydrogen) atoms. The van der Waals surface area contributed by atoms with Gasteiger partial charge in [0, 0.05) is 50.5 Å². The van der Waals surface area contributed by atoms with Crippen molar-refractivity contribution in [2.24, 2.45) is 4.99 Å². The minimum atomic E-state index is -0.259. The molecule has 1 N–H and O–H groups in total. The maximum atomic E-state index is 14.0. The van der Waals surface area contributed by atoms with Crippen LogP contribution in [-0.2, 0) is 17.8 Å². The van der Waals surface area contributed by atoms with Gasteiger partial charge in [-0.15, -0.1) is 24.0 Å². The second-order valence-electron chi connectivity index (χ2n) is 7.46. The normalized spacial score (nSPS) is 16.3. The molecular formula is C23H30FIN4O2. The van der Waals surface area contributed by atoms with Gasteiger partial charge >= 0.3 is 0 Å². The first-order valence-electron chi connectivity index (χ1n) is 10.6. The number of nitrogens with one attached hydrogen (secondary N) is 1. The fraction of sp³-hybridized carbons (Fsp3) is 0.435. The lowest BCUT2D eigenvalue weighted by molar-refractivity contribution is -0.0172. The van der Waals surface area contributed by atoms with E-state index in [1.807, 2.05) is 6.07 Å². The zero-order valence-corrected chi connectivity index (χ0v) is 20.2. The Morgan fingerprint density at radius 3 is 2.65 bits per heavy atom. The maximum Gasteiger partial charge on any atom is 0.194 e. The van der Waals surface area contributed by atoms with Crippen LogP contribution in [0.5, 0.6) is 5.75 Å². The molecule has 6 nitrogen and oxygen atoms in total. The molecule has 0 saturated carbocycles. The number of piperazine rings is 1. The van der Waals surface area contributed by atoms with E-state index in [2.05, 4.69) is 46.3 Å². The fourth-order valence-corrected chi connectivity index (χ4v) is 3.97. The third-order valence-corrected chi connectivity index (χ3v) is 5.43. The number of nitrogens with zero attached hydrogens (tertiary/aromatic N) is 3. The highest BCUT2D eigenvalue weighted by atomic mass is 127. The predicted molar refractivity (Wildman–Crippen MR) is 132 cm³/mol. The molecule has 0 unspecified atom stereocenters. The molecule has 2 aliphatic heterocycles. The number of hydrogen-bond acceptors (Lipinski definition) is 4. The number of guanidine groups is 1. The summed E-state index contributed by atoms with van der Waals surface area (Å²) in [5.74, 6) is 1.41. The van der Waals surface area contributed by atoms with Gasteiger partial charge in [-0.2, -0.15) is 0 Å². The average molecular weight is 540 g/mol. The van der Waals surface area contributed by atoms with E-state index in [4.69, 9.17) is 14.5 Å². The first kappa shape index (κ1) is 23.6.